The van der Waals surface area contributed by atoms with Gasteiger partial charge in [-0.2, -0.15) is 0 Å². The second-order valence-corrected chi connectivity index (χ2v) is 4.25. The first kappa shape index (κ1) is 14.9. The Kier molecular flexibility index (Phi) is 6.64. The summed E-state index contributed by atoms with van der Waals surface area (Å²) in [7, 11) is 3.69. The summed E-state index contributed by atoms with van der Waals surface area (Å²) < 4.78 is 17.9. The van der Waals surface area contributed by atoms with Crippen LogP contribution in [0.3, 0.4) is 0 Å². The highest BCUT2D eigenvalue weighted by Crippen LogP contribution is 2.17. The second-order valence-electron chi connectivity index (χ2n) is 4.25. The predicted molar refractivity (Wildman–Crippen MR) is 69.1 cm³/mol. The SMILES string of the molecule is COCCN(C)CCNCc1cc(F)ccc1O. The highest BCUT2D eigenvalue weighted by atomic mass is 19.1. The van der Waals surface area contributed by atoms with Crippen molar-refractivity contribution in [1.29, 1.82) is 0 Å². The summed E-state index contributed by atoms with van der Waals surface area (Å²) in [4.78, 5) is 2.14. The van der Waals surface area contributed by atoms with E-state index in [2.05, 4.69) is 10.2 Å². The Labute approximate surface area is 107 Å². The fourth-order valence-corrected chi connectivity index (χ4v) is 1.55. The van der Waals surface area contributed by atoms with Gasteiger partial charge in [0.05, 0.1) is 6.61 Å². The number of nitrogens with zero attached hydrogens (tertiary/aromatic N) is 1. The number of benzene rings is 1. The standard InChI is InChI=1S/C13H21FN2O2/c1-16(7-8-18-2)6-5-15-10-11-9-12(14)3-4-13(11)17/h3-4,9,15,17H,5-8,10H2,1-2H3. The van der Waals surface area contributed by atoms with Crippen LogP contribution < -0.4 is 5.32 Å². The molecule has 0 amide bonds. The fraction of sp³-hybridized carbons (Fsp3) is 0.538. The van der Waals surface area contributed by atoms with Crippen LogP contribution in [0, 0.1) is 5.82 Å². The molecule has 1 aromatic carbocycles. The molecule has 0 saturated heterocycles. The zero-order valence-electron chi connectivity index (χ0n) is 10.9. The second kappa shape index (κ2) is 8.02. The number of rotatable bonds is 8. The summed E-state index contributed by atoms with van der Waals surface area (Å²) in [5.41, 5.74) is 0.578. The molecule has 1 rings (SSSR count). The Morgan fingerprint density at radius 1 is 1.39 bits per heavy atom. The Morgan fingerprint density at radius 2 is 2.17 bits per heavy atom. The van der Waals surface area contributed by atoms with Crippen molar-refractivity contribution in [3.05, 3.63) is 29.6 Å². The summed E-state index contributed by atoms with van der Waals surface area (Å²) in [6, 6.07) is 3.96. The number of hydrogen-bond donors (Lipinski definition) is 2. The van der Waals surface area contributed by atoms with Crippen LogP contribution in [0.2, 0.25) is 0 Å². The van der Waals surface area contributed by atoms with Gasteiger partial charge in [0, 0.05) is 38.9 Å². The molecule has 102 valence electrons. The van der Waals surface area contributed by atoms with Crippen molar-refractivity contribution < 1.29 is 14.2 Å². The number of likely N-dealkylation sites (N-methyl/N-ethyl adjacent to an activating group) is 1. The number of nitrogens with one attached hydrogen (secondary N) is 1. The van der Waals surface area contributed by atoms with Crippen LogP contribution in [0.1, 0.15) is 5.56 Å². The van der Waals surface area contributed by atoms with Gasteiger partial charge >= 0.3 is 0 Å². The molecule has 4 nitrogen and oxygen atoms in total. The van der Waals surface area contributed by atoms with E-state index in [0.717, 1.165) is 19.6 Å². The largest absolute Gasteiger partial charge is 0.508 e. The minimum Gasteiger partial charge on any atom is -0.508 e. The molecule has 0 fully saturated rings. The Morgan fingerprint density at radius 3 is 2.89 bits per heavy atom. The number of halogens is 1. The zero-order chi connectivity index (χ0) is 13.4. The average Bonchev–Trinajstić information content (AvgIpc) is 2.36. The van der Waals surface area contributed by atoms with Crippen molar-refractivity contribution in [2.45, 2.75) is 6.54 Å². The Bertz CT molecular complexity index is 361. The minimum atomic E-state index is -0.332. The summed E-state index contributed by atoms with van der Waals surface area (Å²) in [6.45, 7) is 3.70. The van der Waals surface area contributed by atoms with E-state index in [4.69, 9.17) is 4.74 Å². The maximum Gasteiger partial charge on any atom is 0.123 e. The third kappa shape index (κ3) is 5.44. The smallest absolute Gasteiger partial charge is 0.123 e. The van der Waals surface area contributed by atoms with Gasteiger partial charge in [-0.05, 0) is 25.2 Å². The molecular weight excluding hydrogens is 235 g/mol. The number of hydrogen-bond acceptors (Lipinski definition) is 4. The molecule has 0 bridgehead atoms. The molecule has 2 N–H and O–H groups in total. The van der Waals surface area contributed by atoms with Gasteiger partial charge in [-0.15, -0.1) is 0 Å². The maximum absolute atomic E-state index is 13.0. The Balaban J connectivity index is 2.23. The normalized spacial score (nSPS) is 11.1. The number of phenols is 1. The van der Waals surface area contributed by atoms with Crippen molar-refractivity contribution in [1.82, 2.24) is 10.2 Å². The summed E-state index contributed by atoms with van der Waals surface area (Å²) in [5, 5.41) is 12.7. The number of phenolic OH excluding ortho intramolecular Hbond substituents is 1. The number of methoxy groups -OCH3 is 1. The molecule has 0 saturated carbocycles. The van der Waals surface area contributed by atoms with E-state index in [1.807, 2.05) is 7.05 Å². The molecule has 0 aliphatic heterocycles. The highest BCUT2D eigenvalue weighted by Gasteiger charge is 2.03. The molecule has 1 aromatic rings. The molecule has 18 heavy (non-hydrogen) atoms. The first-order chi connectivity index (χ1) is 8.63. The lowest BCUT2D eigenvalue weighted by molar-refractivity contribution is 0.161. The molecule has 0 aliphatic rings. The summed E-state index contributed by atoms with van der Waals surface area (Å²) in [6.07, 6.45) is 0. The third-order valence-electron chi connectivity index (χ3n) is 2.70. The van der Waals surface area contributed by atoms with Crippen molar-refractivity contribution in [2.75, 3.05) is 40.4 Å². The van der Waals surface area contributed by atoms with Crippen molar-refractivity contribution in [3.63, 3.8) is 0 Å². The Hall–Kier alpha value is -1.17. The maximum atomic E-state index is 13.0. The molecule has 5 heteroatoms. The summed E-state index contributed by atoms with van der Waals surface area (Å²) in [5.74, 6) is -0.210. The highest BCUT2D eigenvalue weighted by molar-refractivity contribution is 5.32. The van der Waals surface area contributed by atoms with Gasteiger partial charge in [0.2, 0.25) is 0 Å². The topological polar surface area (TPSA) is 44.7 Å². The zero-order valence-corrected chi connectivity index (χ0v) is 10.9. The molecule has 0 spiro atoms. The minimum absolute atomic E-state index is 0.122. The number of ether oxygens (including phenoxy) is 1. The predicted octanol–water partition coefficient (Wildman–Crippen LogP) is 1.20. The molecule has 0 radical (unpaired) electrons. The van der Waals surface area contributed by atoms with E-state index in [9.17, 15) is 9.50 Å². The van der Waals surface area contributed by atoms with Crippen molar-refractivity contribution in [3.8, 4) is 5.75 Å². The van der Waals surface area contributed by atoms with Gasteiger partial charge in [-0.25, -0.2) is 4.39 Å². The van der Waals surface area contributed by atoms with Gasteiger partial charge in [-0.3, -0.25) is 0 Å². The van der Waals surface area contributed by atoms with Gasteiger partial charge in [-0.1, -0.05) is 0 Å². The number of aromatic hydroxyl groups is 1. The average molecular weight is 256 g/mol. The molecule has 0 unspecified atom stereocenters. The first-order valence-corrected chi connectivity index (χ1v) is 5.99. The van der Waals surface area contributed by atoms with Crippen LogP contribution in [-0.2, 0) is 11.3 Å². The molecule has 0 heterocycles. The lowest BCUT2D eigenvalue weighted by Gasteiger charge is -2.16. The fourth-order valence-electron chi connectivity index (χ4n) is 1.55. The molecular formula is C13H21FN2O2. The van der Waals surface area contributed by atoms with Gasteiger partial charge in [0.25, 0.3) is 0 Å². The first-order valence-electron chi connectivity index (χ1n) is 5.99. The van der Waals surface area contributed by atoms with Gasteiger partial charge in [0.1, 0.15) is 11.6 Å². The lowest BCUT2D eigenvalue weighted by atomic mass is 10.2. The molecule has 0 atom stereocenters. The van der Waals surface area contributed by atoms with Crippen LogP contribution in [0.15, 0.2) is 18.2 Å². The monoisotopic (exact) mass is 256 g/mol. The van der Waals surface area contributed by atoms with Crippen LogP contribution in [0.25, 0.3) is 0 Å². The van der Waals surface area contributed by atoms with E-state index >= 15 is 0 Å². The van der Waals surface area contributed by atoms with Crippen molar-refractivity contribution in [2.24, 2.45) is 0 Å². The van der Waals surface area contributed by atoms with Crippen LogP contribution in [0.4, 0.5) is 4.39 Å². The molecule has 0 aromatic heterocycles. The summed E-state index contributed by atoms with van der Waals surface area (Å²) >= 11 is 0. The van der Waals surface area contributed by atoms with E-state index < -0.39 is 0 Å². The van der Waals surface area contributed by atoms with E-state index in [1.165, 1.54) is 18.2 Å². The van der Waals surface area contributed by atoms with E-state index in [-0.39, 0.29) is 11.6 Å². The van der Waals surface area contributed by atoms with Crippen LogP contribution >= 0.6 is 0 Å². The van der Waals surface area contributed by atoms with Crippen LogP contribution in [-0.4, -0.2) is 50.4 Å². The quantitative estimate of drug-likeness (QED) is 0.686. The van der Waals surface area contributed by atoms with Crippen molar-refractivity contribution >= 4 is 0 Å². The van der Waals surface area contributed by atoms with Gasteiger partial charge < -0.3 is 20.1 Å². The third-order valence-corrected chi connectivity index (χ3v) is 2.70. The van der Waals surface area contributed by atoms with Gasteiger partial charge in [0.15, 0.2) is 0 Å². The molecule has 0 aliphatic carbocycles. The van der Waals surface area contributed by atoms with Crippen LogP contribution in [0.5, 0.6) is 5.75 Å². The van der Waals surface area contributed by atoms with E-state index in [0.29, 0.717) is 18.7 Å². The lowest BCUT2D eigenvalue weighted by Crippen LogP contribution is -2.31. The van der Waals surface area contributed by atoms with E-state index in [1.54, 1.807) is 7.11 Å².